The molecule has 1 aliphatic heterocycles. The van der Waals surface area contributed by atoms with Crippen LogP contribution in [0, 0.1) is 5.41 Å². The van der Waals surface area contributed by atoms with Gasteiger partial charge in [0.05, 0.1) is 6.54 Å². The number of nitrogens with one attached hydrogen (secondary N) is 4. The zero-order valence-corrected chi connectivity index (χ0v) is 14.9. The van der Waals surface area contributed by atoms with Crippen LogP contribution in [0.25, 0.3) is 10.9 Å². The van der Waals surface area contributed by atoms with E-state index in [0.717, 1.165) is 25.9 Å². The maximum atomic E-state index is 12.4. The third-order valence-electron chi connectivity index (χ3n) is 4.97. The molecule has 2 aromatic rings. The highest BCUT2D eigenvalue weighted by Crippen LogP contribution is 2.26. The Bertz CT molecular complexity index is 868. The summed E-state index contributed by atoms with van der Waals surface area (Å²) in [6, 6.07) is 6.99. The molecular formula is C19H24N4O3. The fourth-order valence-corrected chi connectivity index (χ4v) is 3.17. The first-order chi connectivity index (χ1) is 12.5. The number of amides is 2. The van der Waals surface area contributed by atoms with Crippen LogP contribution in [-0.4, -0.2) is 43.0 Å². The summed E-state index contributed by atoms with van der Waals surface area (Å²) in [5.41, 5.74) is 0.406. The summed E-state index contributed by atoms with van der Waals surface area (Å²) in [4.78, 5) is 39.6. The van der Waals surface area contributed by atoms with Gasteiger partial charge in [-0.15, -0.1) is 0 Å². The van der Waals surface area contributed by atoms with Crippen LogP contribution in [0.3, 0.4) is 0 Å². The van der Waals surface area contributed by atoms with Crippen LogP contribution < -0.4 is 21.4 Å². The largest absolute Gasteiger partial charge is 0.360 e. The Kier molecular flexibility index (Phi) is 5.37. The lowest BCUT2D eigenvalue weighted by Gasteiger charge is -2.34. The molecule has 1 saturated heterocycles. The van der Waals surface area contributed by atoms with Crippen LogP contribution >= 0.6 is 0 Å². The number of aromatic amines is 1. The normalized spacial score (nSPS) is 16.2. The minimum absolute atomic E-state index is 0.00168. The lowest BCUT2D eigenvalue weighted by molar-refractivity contribution is -0.120. The molecule has 1 aliphatic rings. The topological polar surface area (TPSA) is 103 Å². The summed E-state index contributed by atoms with van der Waals surface area (Å²) >= 11 is 0. The van der Waals surface area contributed by atoms with Crippen LogP contribution in [0.4, 0.5) is 0 Å². The lowest BCUT2D eigenvalue weighted by Crippen LogP contribution is -2.45. The second-order valence-corrected chi connectivity index (χ2v) is 7.10. The number of hydrogen-bond donors (Lipinski definition) is 4. The van der Waals surface area contributed by atoms with Gasteiger partial charge in [0, 0.05) is 23.6 Å². The molecule has 1 aromatic carbocycles. The van der Waals surface area contributed by atoms with Crippen LogP contribution in [0.2, 0.25) is 0 Å². The summed E-state index contributed by atoms with van der Waals surface area (Å²) < 4.78 is 0. The van der Waals surface area contributed by atoms with Gasteiger partial charge in [-0.3, -0.25) is 14.4 Å². The first kappa shape index (κ1) is 18.1. The van der Waals surface area contributed by atoms with Crippen molar-refractivity contribution >= 4 is 22.7 Å². The highest BCUT2D eigenvalue weighted by atomic mass is 16.2. The number of para-hydroxylation sites is 1. The van der Waals surface area contributed by atoms with Crippen molar-refractivity contribution in [3.8, 4) is 0 Å². The Morgan fingerprint density at radius 1 is 1.15 bits per heavy atom. The smallest absolute Gasteiger partial charge is 0.257 e. The van der Waals surface area contributed by atoms with E-state index in [4.69, 9.17) is 0 Å². The highest BCUT2D eigenvalue weighted by molar-refractivity contribution is 5.98. The van der Waals surface area contributed by atoms with E-state index < -0.39 is 5.91 Å². The van der Waals surface area contributed by atoms with Crippen molar-refractivity contribution in [3.05, 3.63) is 46.2 Å². The Morgan fingerprint density at radius 2 is 1.88 bits per heavy atom. The Hall–Kier alpha value is -2.67. The predicted molar refractivity (Wildman–Crippen MR) is 100 cm³/mol. The molecule has 138 valence electrons. The molecule has 0 bridgehead atoms. The number of fused-ring (bicyclic) bond motifs is 1. The maximum absolute atomic E-state index is 12.4. The van der Waals surface area contributed by atoms with Gasteiger partial charge in [0.1, 0.15) is 5.56 Å². The molecule has 1 fully saturated rings. The number of hydrogen-bond acceptors (Lipinski definition) is 4. The van der Waals surface area contributed by atoms with Crippen molar-refractivity contribution in [2.45, 2.75) is 19.8 Å². The van der Waals surface area contributed by atoms with Crippen LogP contribution in [-0.2, 0) is 4.79 Å². The van der Waals surface area contributed by atoms with Crippen molar-refractivity contribution < 1.29 is 9.59 Å². The highest BCUT2D eigenvalue weighted by Gasteiger charge is 2.27. The lowest BCUT2D eigenvalue weighted by atomic mass is 9.81. The first-order valence-corrected chi connectivity index (χ1v) is 8.85. The molecule has 0 radical (unpaired) electrons. The van der Waals surface area contributed by atoms with Gasteiger partial charge in [-0.05, 0) is 43.5 Å². The number of benzene rings is 1. The quantitative estimate of drug-likeness (QED) is 0.635. The zero-order chi connectivity index (χ0) is 18.6. The number of pyridine rings is 1. The molecule has 0 aliphatic carbocycles. The van der Waals surface area contributed by atoms with Crippen molar-refractivity contribution in [2.24, 2.45) is 5.41 Å². The molecule has 4 N–H and O–H groups in total. The Morgan fingerprint density at radius 3 is 2.65 bits per heavy atom. The maximum Gasteiger partial charge on any atom is 0.257 e. The van der Waals surface area contributed by atoms with E-state index in [1.165, 1.54) is 6.20 Å². The first-order valence-electron chi connectivity index (χ1n) is 8.85. The average Bonchev–Trinajstić information content (AvgIpc) is 2.66. The van der Waals surface area contributed by atoms with Crippen LogP contribution in [0.5, 0.6) is 0 Å². The number of rotatable bonds is 5. The molecule has 3 rings (SSSR count). The van der Waals surface area contributed by atoms with Crippen molar-refractivity contribution in [2.75, 3.05) is 26.2 Å². The number of carbonyl (C=O) groups excluding carboxylic acids is 2. The van der Waals surface area contributed by atoms with Gasteiger partial charge in [-0.1, -0.05) is 19.1 Å². The summed E-state index contributed by atoms with van der Waals surface area (Å²) in [5.74, 6) is -0.810. The molecule has 1 aromatic heterocycles. The average molecular weight is 356 g/mol. The van der Waals surface area contributed by atoms with E-state index >= 15 is 0 Å². The minimum Gasteiger partial charge on any atom is -0.360 e. The number of aromatic nitrogens is 1. The van der Waals surface area contributed by atoms with Crippen molar-refractivity contribution in [1.82, 2.24) is 20.9 Å². The standard InChI is InChI=1S/C19H24N4O3/c1-19(6-8-20-9-7-19)12-23-16(24)11-22-18(26)14-10-21-15-5-3-2-4-13(15)17(14)25/h2-5,10,20H,6-9,11-12H2,1H3,(H,21,25)(H,22,26)(H,23,24). The van der Waals surface area contributed by atoms with Crippen LogP contribution in [0.15, 0.2) is 35.3 Å². The molecule has 0 unspecified atom stereocenters. The monoisotopic (exact) mass is 356 g/mol. The summed E-state index contributed by atoms with van der Waals surface area (Å²) in [7, 11) is 0. The number of piperidine rings is 1. The summed E-state index contributed by atoms with van der Waals surface area (Å²) in [5, 5.41) is 9.15. The van der Waals surface area contributed by atoms with E-state index in [1.54, 1.807) is 18.2 Å². The van der Waals surface area contributed by atoms with E-state index in [2.05, 4.69) is 27.9 Å². The fourth-order valence-electron chi connectivity index (χ4n) is 3.17. The van der Waals surface area contributed by atoms with E-state index in [1.807, 2.05) is 6.07 Å². The van der Waals surface area contributed by atoms with Gasteiger partial charge in [0.15, 0.2) is 0 Å². The number of H-pyrrole nitrogens is 1. The van der Waals surface area contributed by atoms with Crippen LogP contribution in [0.1, 0.15) is 30.1 Å². The Labute approximate surface area is 151 Å². The van der Waals surface area contributed by atoms with Crippen molar-refractivity contribution in [1.29, 1.82) is 0 Å². The molecule has 7 heteroatoms. The van der Waals surface area contributed by atoms with Gasteiger partial charge in [-0.2, -0.15) is 0 Å². The SMILES string of the molecule is CC1(CNC(=O)CNC(=O)c2c[nH]c3ccccc3c2=O)CCNCC1. The fraction of sp³-hybridized carbons (Fsp3) is 0.421. The minimum atomic E-state index is -0.555. The van der Waals surface area contributed by atoms with E-state index in [9.17, 15) is 14.4 Å². The summed E-state index contributed by atoms with van der Waals surface area (Å²) in [6.45, 7) is 4.49. The predicted octanol–water partition coefficient (Wildman–Crippen LogP) is 0.764. The van der Waals surface area contributed by atoms with Gasteiger partial charge >= 0.3 is 0 Å². The van der Waals surface area contributed by atoms with Gasteiger partial charge in [0.25, 0.3) is 5.91 Å². The second kappa shape index (κ2) is 7.70. The molecular weight excluding hydrogens is 332 g/mol. The summed E-state index contributed by atoms with van der Waals surface area (Å²) in [6.07, 6.45) is 3.40. The molecule has 0 saturated carbocycles. The third kappa shape index (κ3) is 4.11. The van der Waals surface area contributed by atoms with Gasteiger partial charge in [-0.25, -0.2) is 0 Å². The number of carbonyl (C=O) groups is 2. The Balaban J connectivity index is 1.56. The second-order valence-electron chi connectivity index (χ2n) is 7.10. The van der Waals surface area contributed by atoms with E-state index in [-0.39, 0.29) is 28.9 Å². The van der Waals surface area contributed by atoms with Crippen molar-refractivity contribution in [3.63, 3.8) is 0 Å². The molecule has 2 amide bonds. The van der Waals surface area contributed by atoms with E-state index in [0.29, 0.717) is 17.4 Å². The molecule has 2 heterocycles. The molecule has 0 atom stereocenters. The third-order valence-corrected chi connectivity index (χ3v) is 4.97. The zero-order valence-electron chi connectivity index (χ0n) is 14.9. The van der Waals surface area contributed by atoms with Gasteiger partial charge in [0.2, 0.25) is 11.3 Å². The molecule has 7 nitrogen and oxygen atoms in total. The molecule has 0 spiro atoms. The van der Waals surface area contributed by atoms with Gasteiger partial charge < -0.3 is 20.9 Å². The molecule has 26 heavy (non-hydrogen) atoms.